The van der Waals surface area contributed by atoms with Gasteiger partial charge in [-0.25, -0.2) is 9.59 Å². The predicted molar refractivity (Wildman–Crippen MR) is 83.3 cm³/mol. The third-order valence-corrected chi connectivity index (χ3v) is 3.72. The Morgan fingerprint density at radius 2 is 2.00 bits per heavy atom. The fraction of sp³-hybridized carbons (Fsp3) is 0.529. The Morgan fingerprint density at radius 3 is 2.59 bits per heavy atom. The summed E-state index contributed by atoms with van der Waals surface area (Å²) in [6.45, 7) is 8.66. The third-order valence-electron chi connectivity index (χ3n) is 3.72. The summed E-state index contributed by atoms with van der Waals surface area (Å²) in [5, 5.41) is 9.13. The van der Waals surface area contributed by atoms with Crippen molar-refractivity contribution in [3.05, 3.63) is 34.9 Å². The number of hydrogen-bond acceptors (Lipinski definition) is 3. The summed E-state index contributed by atoms with van der Waals surface area (Å²) in [5.74, 6) is -0.854. The molecule has 0 saturated carbocycles. The van der Waals surface area contributed by atoms with Crippen LogP contribution in [0, 0.1) is 0 Å². The average Bonchev–Trinajstić information content (AvgIpc) is 2.56. The standard InChI is InChI=1S/C17H23NO4/c1-11-10-18(16(21)22-17(2,3)4)8-7-12-5-6-13(15(19)20)9-14(11)12/h5-6,9,11H,7-8,10H2,1-4H3,(H,19,20)/t11-/m1/s1. The van der Waals surface area contributed by atoms with E-state index < -0.39 is 11.6 Å². The fourth-order valence-corrected chi connectivity index (χ4v) is 2.68. The van der Waals surface area contributed by atoms with Gasteiger partial charge < -0.3 is 14.7 Å². The second kappa shape index (κ2) is 5.99. The third kappa shape index (κ3) is 3.78. The van der Waals surface area contributed by atoms with Crippen LogP contribution in [0.2, 0.25) is 0 Å². The van der Waals surface area contributed by atoms with Gasteiger partial charge in [0.15, 0.2) is 0 Å². The summed E-state index contributed by atoms with van der Waals surface area (Å²) in [4.78, 5) is 25.1. The van der Waals surface area contributed by atoms with Crippen LogP contribution in [0.25, 0.3) is 0 Å². The molecule has 0 unspecified atom stereocenters. The highest BCUT2D eigenvalue weighted by Crippen LogP contribution is 2.27. The van der Waals surface area contributed by atoms with Gasteiger partial charge in [-0.05, 0) is 56.4 Å². The lowest BCUT2D eigenvalue weighted by Crippen LogP contribution is -2.38. The minimum Gasteiger partial charge on any atom is -0.478 e. The van der Waals surface area contributed by atoms with Crippen molar-refractivity contribution in [2.45, 2.75) is 45.6 Å². The molecule has 5 nitrogen and oxygen atoms in total. The van der Waals surface area contributed by atoms with E-state index in [1.807, 2.05) is 33.8 Å². The van der Waals surface area contributed by atoms with Crippen molar-refractivity contribution in [2.75, 3.05) is 13.1 Å². The summed E-state index contributed by atoms with van der Waals surface area (Å²) in [7, 11) is 0. The van der Waals surface area contributed by atoms with Crippen molar-refractivity contribution in [1.82, 2.24) is 4.90 Å². The Hall–Kier alpha value is -2.04. The van der Waals surface area contributed by atoms with Gasteiger partial charge in [0.1, 0.15) is 5.60 Å². The zero-order valence-electron chi connectivity index (χ0n) is 13.5. The Bertz CT molecular complexity index is 589. The molecule has 0 radical (unpaired) electrons. The van der Waals surface area contributed by atoms with E-state index in [-0.39, 0.29) is 17.6 Å². The lowest BCUT2D eigenvalue weighted by molar-refractivity contribution is 0.0248. The van der Waals surface area contributed by atoms with Crippen molar-refractivity contribution in [2.24, 2.45) is 0 Å². The van der Waals surface area contributed by atoms with E-state index in [4.69, 9.17) is 9.84 Å². The van der Waals surface area contributed by atoms with Crippen LogP contribution in [0.4, 0.5) is 4.79 Å². The first kappa shape index (κ1) is 16.3. The number of nitrogens with zero attached hydrogens (tertiary/aromatic N) is 1. The van der Waals surface area contributed by atoms with E-state index >= 15 is 0 Å². The summed E-state index contributed by atoms with van der Waals surface area (Å²) in [6.07, 6.45) is 0.393. The molecular weight excluding hydrogens is 282 g/mol. The van der Waals surface area contributed by atoms with E-state index in [9.17, 15) is 9.59 Å². The molecule has 2 rings (SSSR count). The molecule has 1 amide bonds. The normalized spacial score (nSPS) is 18.4. The number of carbonyl (C=O) groups is 2. The van der Waals surface area contributed by atoms with Crippen LogP contribution in [-0.4, -0.2) is 40.8 Å². The van der Waals surface area contributed by atoms with Gasteiger partial charge in [-0.15, -0.1) is 0 Å². The molecule has 1 aliphatic rings. The predicted octanol–water partition coefficient (Wildman–Crippen LogP) is 3.28. The number of carboxylic acids is 1. The van der Waals surface area contributed by atoms with Crippen LogP contribution >= 0.6 is 0 Å². The van der Waals surface area contributed by atoms with Gasteiger partial charge >= 0.3 is 12.1 Å². The number of rotatable bonds is 1. The first-order valence-electron chi connectivity index (χ1n) is 7.51. The number of benzene rings is 1. The van der Waals surface area contributed by atoms with E-state index in [1.165, 1.54) is 0 Å². The monoisotopic (exact) mass is 305 g/mol. The maximum absolute atomic E-state index is 12.2. The smallest absolute Gasteiger partial charge is 0.410 e. The van der Waals surface area contributed by atoms with Crippen LogP contribution in [0.5, 0.6) is 0 Å². The lowest BCUT2D eigenvalue weighted by atomic mass is 9.93. The highest BCUT2D eigenvalue weighted by atomic mass is 16.6. The van der Waals surface area contributed by atoms with Gasteiger partial charge in [0, 0.05) is 13.1 Å². The number of fused-ring (bicyclic) bond motifs is 1. The van der Waals surface area contributed by atoms with Crippen molar-refractivity contribution in [1.29, 1.82) is 0 Å². The van der Waals surface area contributed by atoms with E-state index in [0.29, 0.717) is 19.5 Å². The van der Waals surface area contributed by atoms with Gasteiger partial charge in [0.25, 0.3) is 0 Å². The summed E-state index contributed by atoms with van der Waals surface area (Å²) in [6, 6.07) is 5.20. The summed E-state index contributed by atoms with van der Waals surface area (Å²) in [5.41, 5.74) is 1.88. The molecule has 0 spiro atoms. The van der Waals surface area contributed by atoms with Gasteiger partial charge in [-0.1, -0.05) is 13.0 Å². The first-order valence-corrected chi connectivity index (χ1v) is 7.51. The number of aromatic carboxylic acids is 1. The number of ether oxygens (including phenoxy) is 1. The molecule has 5 heteroatoms. The highest BCUT2D eigenvalue weighted by molar-refractivity contribution is 5.88. The Labute approximate surface area is 130 Å². The summed E-state index contributed by atoms with van der Waals surface area (Å²) >= 11 is 0. The van der Waals surface area contributed by atoms with E-state index in [2.05, 4.69) is 0 Å². The van der Waals surface area contributed by atoms with E-state index in [1.54, 1.807) is 17.0 Å². The average molecular weight is 305 g/mol. The Morgan fingerprint density at radius 1 is 1.32 bits per heavy atom. The SMILES string of the molecule is C[C@@H]1CN(C(=O)OC(C)(C)C)CCc2ccc(C(=O)O)cc21. The second-order valence-electron chi connectivity index (χ2n) is 6.80. The molecule has 0 fully saturated rings. The zero-order chi connectivity index (χ0) is 16.5. The second-order valence-corrected chi connectivity index (χ2v) is 6.80. The van der Waals surface area contributed by atoms with Crippen LogP contribution in [0.1, 0.15) is 55.1 Å². The number of carbonyl (C=O) groups excluding carboxylic acids is 1. The van der Waals surface area contributed by atoms with Crippen LogP contribution in [0.15, 0.2) is 18.2 Å². The van der Waals surface area contributed by atoms with Crippen LogP contribution in [-0.2, 0) is 11.2 Å². The van der Waals surface area contributed by atoms with Crippen molar-refractivity contribution >= 4 is 12.1 Å². The van der Waals surface area contributed by atoms with Crippen LogP contribution < -0.4 is 0 Å². The Balaban J connectivity index is 2.20. The number of hydrogen-bond donors (Lipinski definition) is 1. The molecule has 0 bridgehead atoms. The minimum atomic E-state index is -0.928. The molecule has 1 aromatic carbocycles. The largest absolute Gasteiger partial charge is 0.478 e. The van der Waals surface area contributed by atoms with Gasteiger partial charge in [0.05, 0.1) is 5.56 Å². The summed E-state index contributed by atoms with van der Waals surface area (Å²) < 4.78 is 5.43. The quantitative estimate of drug-likeness (QED) is 0.864. The maximum atomic E-state index is 12.2. The molecule has 1 atom stereocenters. The maximum Gasteiger partial charge on any atom is 0.410 e. The van der Waals surface area contributed by atoms with Crippen molar-refractivity contribution in [3.8, 4) is 0 Å². The minimum absolute atomic E-state index is 0.0734. The zero-order valence-corrected chi connectivity index (χ0v) is 13.5. The molecule has 22 heavy (non-hydrogen) atoms. The lowest BCUT2D eigenvalue weighted by Gasteiger charge is -2.27. The molecule has 0 aliphatic carbocycles. The van der Waals surface area contributed by atoms with Gasteiger partial charge in [-0.2, -0.15) is 0 Å². The van der Waals surface area contributed by atoms with Gasteiger partial charge in [-0.3, -0.25) is 0 Å². The molecule has 1 aromatic rings. The molecule has 0 saturated heterocycles. The van der Waals surface area contributed by atoms with Crippen molar-refractivity contribution < 1.29 is 19.4 Å². The first-order chi connectivity index (χ1) is 10.2. The Kier molecular flexibility index (Phi) is 4.44. The molecule has 1 heterocycles. The number of carboxylic acid groups (broad SMARTS) is 1. The van der Waals surface area contributed by atoms with Crippen molar-refractivity contribution in [3.63, 3.8) is 0 Å². The topological polar surface area (TPSA) is 66.8 Å². The van der Waals surface area contributed by atoms with Gasteiger partial charge in [0.2, 0.25) is 0 Å². The van der Waals surface area contributed by atoms with E-state index in [0.717, 1.165) is 11.1 Å². The fourth-order valence-electron chi connectivity index (χ4n) is 2.68. The van der Waals surface area contributed by atoms with Crippen LogP contribution in [0.3, 0.4) is 0 Å². The highest BCUT2D eigenvalue weighted by Gasteiger charge is 2.27. The number of amides is 1. The molecular formula is C17H23NO4. The molecule has 1 aliphatic heterocycles. The molecule has 1 N–H and O–H groups in total. The molecule has 0 aromatic heterocycles. The molecule has 120 valence electrons.